The van der Waals surface area contributed by atoms with Crippen molar-refractivity contribution < 1.29 is 9.47 Å². The lowest BCUT2D eigenvalue weighted by Crippen LogP contribution is -2.41. The summed E-state index contributed by atoms with van der Waals surface area (Å²) in [6.45, 7) is 7.42. The fraction of sp³-hybridized carbons (Fsp3) is 0.500. The van der Waals surface area contributed by atoms with Crippen molar-refractivity contribution in [2.75, 3.05) is 57.9 Å². The number of benzene rings is 1. The monoisotopic (exact) mass is 423 g/mol. The van der Waals surface area contributed by atoms with Crippen molar-refractivity contribution in [1.29, 1.82) is 0 Å². The first kappa shape index (κ1) is 21.6. The third-order valence-electron chi connectivity index (χ3n) is 5.88. The highest BCUT2D eigenvalue weighted by atomic mass is 16.5. The SMILES string of the molecule is CN=C(NCc1cccnc1N1CCOCC1)N1CCC(COCc2ccccc2)C1. The minimum Gasteiger partial charge on any atom is -0.378 e. The average molecular weight is 424 g/mol. The second-order valence-corrected chi connectivity index (χ2v) is 8.09. The van der Waals surface area contributed by atoms with Gasteiger partial charge in [-0.05, 0) is 18.1 Å². The Bertz CT molecular complexity index is 839. The molecule has 2 fully saturated rings. The number of hydrogen-bond acceptors (Lipinski definition) is 5. The molecule has 166 valence electrons. The van der Waals surface area contributed by atoms with Crippen LogP contribution in [0.15, 0.2) is 53.7 Å². The van der Waals surface area contributed by atoms with Crippen molar-refractivity contribution in [2.45, 2.75) is 19.6 Å². The molecule has 1 unspecified atom stereocenters. The van der Waals surface area contributed by atoms with E-state index in [9.17, 15) is 0 Å². The third-order valence-corrected chi connectivity index (χ3v) is 5.88. The van der Waals surface area contributed by atoms with E-state index in [0.29, 0.717) is 19.1 Å². The van der Waals surface area contributed by atoms with Crippen molar-refractivity contribution >= 4 is 11.8 Å². The van der Waals surface area contributed by atoms with E-state index in [1.54, 1.807) is 0 Å². The van der Waals surface area contributed by atoms with E-state index in [1.807, 2.05) is 25.4 Å². The maximum atomic E-state index is 5.97. The Morgan fingerprint density at radius 3 is 2.81 bits per heavy atom. The van der Waals surface area contributed by atoms with Crippen LogP contribution in [-0.2, 0) is 22.6 Å². The van der Waals surface area contributed by atoms with E-state index in [2.05, 4.69) is 55.4 Å². The van der Waals surface area contributed by atoms with Crippen molar-refractivity contribution in [3.63, 3.8) is 0 Å². The van der Waals surface area contributed by atoms with Crippen LogP contribution in [0.25, 0.3) is 0 Å². The summed E-state index contributed by atoms with van der Waals surface area (Å²) in [7, 11) is 1.85. The summed E-state index contributed by atoms with van der Waals surface area (Å²) < 4.78 is 11.5. The molecule has 1 aromatic heterocycles. The lowest BCUT2D eigenvalue weighted by atomic mass is 10.1. The molecule has 0 amide bonds. The lowest BCUT2D eigenvalue weighted by Gasteiger charge is -2.30. The number of nitrogens with one attached hydrogen (secondary N) is 1. The first-order valence-electron chi connectivity index (χ1n) is 11.2. The van der Waals surface area contributed by atoms with E-state index in [1.165, 1.54) is 11.1 Å². The summed E-state index contributed by atoms with van der Waals surface area (Å²) in [5.41, 5.74) is 2.41. The first-order chi connectivity index (χ1) is 15.3. The van der Waals surface area contributed by atoms with Crippen LogP contribution in [0.5, 0.6) is 0 Å². The molecule has 1 aromatic carbocycles. The lowest BCUT2D eigenvalue weighted by molar-refractivity contribution is 0.0906. The summed E-state index contributed by atoms with van der Waals surface area (Å²) in [6, 6.07) is 14.5. The zero-order valence-corrected chi connectivity index (χ0v) is 18.4. The van der Waals surface area contributed by atoms with Crippen LogP contribution < -0.4 is 10.2 Å². The van der Waals surface area contributed by atoms with Gasteiger partial charge in [-0.1, -0.05) is 36.4 Å². The highest BCUT2D eigenvalue weighted by molar-refractivity contribution is 5.80. The van der Waals surface area contributed by atoms with Crippen LogP contribution >= 0.6 is 0 Å². The van der Waals surface area contributed by atoms with Crippen LogP contribution in [0.2, 0.25) is 0 Å². The van der Waals surface area contributed by atoms with Gasteiger partial charge in [-0.2, -0.15) is 0 Å². The Labute approximate surface area is 185 Å². The van der Waals surface area contributed by atoms with Gasteiger partial charge < -0.3 is 24.6 Å². The minimum absolute atomic E-state index is 0.532. The summed E-state index contributed by atoms with van der Waals surface area (Å²) in [6.07, 6.45) is 2.99. The number of likely N-dealkylation sites (tertiary alicyclic amines) is 1. The summed E-state index contributed by atoms with van der Waals surface area (Å²) in [5.74, 6) is 2.52. The number of anilines is 1. The quantitative estimate of drug-likeness (QED) is 0.546. The van der Waals surface area contributed by atoms with E-state index in [4.69, 9.17) is 9.47 Å². The normalized spacial score (nSPS) is 19.6. The smallest absolute Gasteiger partial charge is 0.193 e. The molecule has 0 saturated carbocycles. The highest BCUT2D eigenvalue weighted by Gasteiger charge is 2.25. The summed E-state index contributed by atoms with van der Waals surface area (Å²) in [4.78, 5) is 13.8. The maximum Gasteiger partial charge on any atom is 0.193 e. The van der Waals surface area contributed by atoms with Gasteiger partial charge in [0.15, 0.2) is 5.96 Å². The summed E-state index contributed by atoms with van der Waals surface area (Å²) >= 11 is 0. The number of hydrogen-bond donors (Lipinski definition) is 1. The van der Waals surface area contributed by atoms with Gasteiger partial charge in [-0.25, -0.2) is 4.98 Å². The van der Waals surface area contributed by atoms with Gasteiger partial charge in [0, 0.05) is 57.4 Å². The molecule has 1 N–H and O–H groups in total. The molecule has 1 atom stereocenters. The van der Waals surface area contributed by atoms with Gasteiger partial charge in [-0.3, -0.25) is 4.99 Å². The van der Waals surface area contributed by atoms with Gasteiger partial charge in [0.25, 0.3) is 0 Å². The van der Waals surface area contributed by atoms with Crippen LogP contribution in [0.3, 0.4) is 0 Å². The molecule has 4 rings (SSSR count). The fourth-order valence-corrected chi connectivity index (χ4v) is 4.21. The number of nitrogens with zero attached hydrogens (tertiary/aromatic N) is 4. The number of ether oxygens (including phenoxy) is 2. The van der Waals surface area contributed by atoms with Crippen molar-refractivity contribution in [3.05, 3.63) is 59.8 Å². The predicted molar refractivity (Wildman–Crippen MR) is 123 cm³/mol. The number of aliphatic imine (C=N–C) groups is 1. The molecule has 2 aliphatic heterocycles. The van der Waals surface area contributed by atoms with E-state index in [-0.39, 0.29) is 0 Å². The zero-order valence-electron chi connectivity index (χ0n) is 18.4. The van der Waals surface area contributed by atoms with Crippen molar-refractivity contribution in [3.8, 4) is 0 Å². The molecular formula is C24H33N5O2. The van der Waals surface area contributed by atoms with E-state index in [0.717, 1.165) is 64.2 Å². The molecule has 3 heterocycles. The van der Waals surface area contributed by atoms with E-state index < -0.39 is 0 Å². The molecule has 0 spiro atoms. The second kappa shape index (κ2) is 11.1. The first-order valence-corrected chi connectivity index (χ1v) is 11.2. The Morgan fingerprint density at radius 1 is 1.16 bits per heavy atom. The topological polar surface area (TPSA) is 62.2 Å². The molecule has 2 aliphatic rings. The zero-order chi connectivity index (χ0) is 21.3. The summed E-state index contributed by atoms with van der Waals surface area (Å²) in [5, 5.41) is 3.55. The van der Waals surface area contributed by atoms with Gasteiger partial charge in [-0.15, -0.1) is 0 Å². The van der Waals surface area contributed by atoms with Crippen LogP contribution in [0.4, 0.5) is 5.82 Å². The van der Waals surface area contributed by atoms with E-state index >= 15 is 0 Å². The number of guanidine groups is 1. The van der Waals surface area contributed by atoms with Gasteiger partial charge in [0.05, 0.1) is 26.4 Å². The Balaban J connectivity index is 1.26. The molecule has 0 bridgehead atoms. The molecule has 2 saturated heterocycles. The van der Waals surface area contributed by atoms with Crippen molar-refractivity contribution in [1.82, 2.24) is 15.2 Å². The fourth-order valence-electron chi connectivity index (χ4n) is 4.21. The molecular weight excluding hydrogens is 390 g/mol. The van der Waals surface area contributed by atoms with Gasteiger partial charge >= 0.3 is 0 Å². The average Bonchev–Trinajstić information content (AvgIpc) is 3.30. The van der Waals surface area contributed by atoms with Crippen LogP contribution in [0, 0.1) is 5.92 Å². The number of rotatable bonds is 7. The minimum atomic E-state index is 0.532. The maximum absolute atomic E-state index is 5.97. The Kier molecular flexibility index (Phi) is 7.74. The standard InChI is InChI=1S/C24H33N5O2/c1-25-24(27-16-22-8-5-10-26-23(22)28-12-14-30-15-13-28)29-11-9-21(17-29)19-31-18-20-6-3-2-4-7-20/h2-8,10,21H,9,11-19H2,1H3,(H,25,27). The van der Waals surface area contributed by atoms with Crippen molar-refractivity contribution in [2.24, 2.45) is 10.9 Å². The predicted octanol–water partition coefficient (Wildman–Crippen LogP) is 2.53. The largest absolute Gasteiger partial charge is 0.378 e. The Morgan fingerprint density at radius 2 is 2.00 bits per heavy atom. The molecule has 31 heavy (non-hydrogen) atoms. The molecule has 0 aliphatic carbocycles. The second-order valence-electron chi connectivity index (χ2n) is 8.09. The van der Waals surface area contributed by atoms with Gasteiger partial charge in [0.2, 0.25) is 0 Å². The molecule has 7 heteroatoms. The third kappa shape index (κ3) is 5.95. The van der Waals surface area contributed by atoms with Gasteiger partial charge in [0.1, 0.15) is 5.82 Å². The highest BCUT2D eigenvalue weighted by Crippen LogP contribution is 2.20. The van der Waals surface area contributed by atoms with Crippen LogP contribution in [0.1, 0.15) is 17.5 Å². The Hall–Kier alpha value is -2.64. The number of pyridine rings is 1. The molecule has 2 aromatic rings. The molecule has 7 nitrogen and oxygen atoms in total. The number of morpholine rings is 1. The number of aromatic nitrogens is 1. The van der Waals surface area contributed by atoms with Crippen LogP contribution in [-0.4, -0.2) is 68.9 Å². The molecule has 0 radical (unpaired) electrons.